The van der Waals surface area contributed by atoms with Gasteiger partial charge in [0.1, 0.15) is 23.3 Å². The fourth-order valence-electron chi connectivity index (χ4n) is 5.54. The number of carboxylic acid groups (broad SMARTS) is 1. The van der Waals surface area contributed by atoms with Crippen LogP contribution < -0.4 is 21.1 Å². The number of nitrogens with one attached hydrogen (secondary N) is 2. The molecule has 0 aromatic heterocycles. The molecule has 0 saturated heterocycles. The molecule has 0 bridgehead atoms. The maximum Gasteiger partial charge on any atom is 0.328 e. The zero-order valence-corrected chi connectivity index (χ0v) is 25.0. The number of Topliss-reactive ketones (excluding diaryl/α,β-unsaturated/α-hetero) is 1. The van der Waals surface area contributed by atoms with Crippen molar-refractivity contribution >= 4 is 23.6 Å². The summed E-state index contributed by atoms with van der Waals surface area (Å²) in [5, 5.41) is 24.8. The van der Waals surface area contributed by atoms with Crippen molar-refractivity contribution in [3.63, 3.8) is 0 Å². The van der Waals surface area contributed by atoms with Gasteiger partial charge in [0.15, 0.2) is 5.78 Å². The fourth-order valence-corrected chi connectivity index (χ4v) is 5.54. The third kappa shape index (κ3) is 7.77. The summed E-state index contributed by atoms with van der Waals surface area (Å²) in [4.78, 5) is 52.6. The quantitative estimate of drug-likeness (QED) is 0.151. The van der Waals surface area contributed by atoms with Crippen molar-refractivity contribution in [1.29, 1.82) is 0 Å². The van der Waals surface area contributed by atoms with E-state index in [2.05, 4.69) is 10.6 Å². The molecule has 1 unspecified atom stereocenters. The summed E-state index contributed by atoms with van der Waals surface area (Å²) in [5.74, 6) is -3.29. The molecule has 10 heteroatoms. The number of fused-ring (bicyclic) bond motifs is 2. The molecule has 0 spiro atoms. The number of ether oxygens (including phenoxy) is 1. The molecule has 1 aliphatic heterocycles. The minimum absolute atomic E-state index is 0.0924. The first-order valence-corrected chi connectivity index (χ1v) is 15.0. The highest BCUT2D eigenvalue weighted by molar-refractivity contribution is 5.93. The van der Waals surface area contributed by atoms with E-state index in [0.717, 1.165) is 11.1 Å². The van der Waals surface area contributed by atoms with Gasteiger partial charge in [-0.3, -0.25) is 14.4 Å². The van der Waals surface area contributed by atoms with E-state index in [0.29, 0.717) is 22.6 Å². The Hall–Kier alpha value is -5.48. The van der Waals surface area contributed by atoms with Gasteiger partial charge in [-0.2, -0.15) is 0 Å². The van der Waals surface area contributed by atoms with E-state index in [9.17, 15) is 29.4 Å². The van der Waals surface area contributed by atoms with Crippen LogP contribution in [0, 0.1) is 5.92 Å². The maximum absolute atomic E-state index is 13.6. The van der Waals surface area contributed by atoms with Gasteiger partial charge in [0.2, 0.25) is 11.8 Å². The zero-order valence-electron chi connectivity index (χ0n) is 25.0. The lowest BCUT2D eigenvalue weighted by Gasteiger charge is -2.28. The van der Waals surface area contributed by atoms with Crippen LogP contribution in [0.1, 0.15) is 34.6 Å². The maximum atomic E-state index is 13.6. The number of nitrogens with two attached hydrogens (primary N) is 1. The lowest BCUT2D eigenvalue weighted by molar-refractivity contribution is -0.142. The molecule has 6 N–H and O–H groups in total. The molecule has 0 aliphatic carbocycles. The van der Waals surface area contributed by atoms with E-state index in [-0.39, 0.29) is 37.3 Å². The Labute approximate surface area is 266 Å². The third-order valence-corrected chi connectivity index (χ3v) is 7.99. The van der Waals surface area contributed by atoms with Gasteiger partial charge in [-0.05, 0) is 48.2 Å². The average Bonchev–Trinajstić information content (AvgIpc) is 3.06. The van der Waals surface area contributed by atoms with Crippen molar-refractivity contribution in [2.24, 2.45) is 11.7 Å². The van der Waals surface area contributed by atoms with Crippen LogP contribution in [-0.4, -0.2) is 52.4 Å². The minimum atomic E-state index is -1.46. The van der Waals surface area contributed by atoms with Gasteiger partial charge < -0.3 is 31.3 Å². The van der Waals surface area contributed by atoms with Crippen LogP contribution in [-0.2, 0) is 32.0 Å². The number of para-hydroxylation sites is 2. The Morgan fingerprint density at radius 1 is 0.761 bits per heavy atom. The zero-order chi connectivity index (χ0) is 32.6. The summed E-state index contributed by atoms with van der Waals surface area (Å²) in [6.07, 6.45) is 0.175. The molecule has 2 amide bonds. The number of amides is 2. The molecule has 5 rings (SSSR count). The van der Waals surface area contributed by atoms with Gasteiger partial charge in [-0.1, -0.05) is 78.9 Å². The molecule has 0 saturated carbocycles. The Kier molecular flexibility index (Phi) is 10.1. The van der Waals surface area contributed by atoms with Crippen LogP contribution in [0.4, 0.5) is 0 Å². The standard InChI is InChI=1S/C36H35N3O7/c37-28(19-23-14-16-25(40)17-15-23)30(41)20-24(18-22-8-2-1-3-9-22)34(42)39-29(36(44)45)21-38-35(43)33-26-10-4-6-12-31(26)46-32-13-7-5-11-27(32)33/h1-17,24,28-29,33,40H,18-21,37H2,(H,38,43)(H,39,42)(H,44,45)/t24-,28+,29?/m1/s1. The highest BCUT2D eigenvalue weighted by atomic mass is 16.5. The number of hydrogen-bond acceptors (Lipinski definition) is 7. The van der Waals surface area contributed by atoms with Crippen molar-refractivity contribution in [3.8, 4) is 17.2 Å². The number of carbonyl (C=O) groups excluding carboxylic acids is 3. The van der Waals surface area contributed by atoms with E-state index >= 15 is 0 Å². The van der Waals surface area contributed by atoms with Crippen molar-refractivity contribution in [1.82, 2.24) is 10.6 Å². The lowest BCUT2D eigenvalue weighted by atomic mass is 9.87. The van der Waals surface area contributed by atoms with Gasteiger partial charge >= 0.3 is 5.97 Å². The number of carbonyl (C=O) groups is 4. The van der Waals surface area contributed by atoms with E-state index in [1.807, 2.05) is 30.3 Å². The molecule has 0 fully saturated rings. The Morgan fingerprint density at radius 3 is 1.93 bits per heavy atom. The van der Waals surface area contributed by atoms with Crippen molar-refractivity contribution in [2.45, 2.75) is 37.3 Å². The topological polar surface area (TPSA) is 168 Å². The van der Waals surface area contributed by atoms with E-state index < -0.39 is 41.7 Å². The molecule has 3 atom stereocenters. The number of ketones is 1. The third-order valence-electron chi connectivity index (χ3n) is 7.99. The second-order valence-corrected chi connectivity index (χ2v) is 11.3. The molecule has 1 aliphatic rings. The molecule has 46 heavy (non-hydrogen) atoms. The average molecular weight is 622 g/mol. The highest BCUT2D eigenvalue weighted by Gasteiger charge is 2.34. The predicted molar refractivity (Wildman–Crippen MR) is 170 cm³/mol. The van der Waals surface area contributed by atoms with Gasteiger partial charge in [-0.25, -0.2) is 4.79 Å². The SMILES string of the molecule is N[C@@H](Cc1ccc(O)cc1)C(=O)C[C@@H](Cc1ccccc1)C(=O)NC(CNC(=O)C1c2ccccc2Oc2ccccc21)C(=O)O. The summed E-state index contributed by atoms with van der Waals surface area (Å²) >= 11 is 0. The molecule has 4 aromatic carbocycles. The first-order valence-electron chi connectivity index (χ1n) is 15.0. The van der Waals surface area contributed by atoms with Crippen LogP contribution in [0.15, 0.2) is 103 Å². The van der Waals surface area contributed by atoms with Gasteiger partial charge in [0.25, 0.3) is 0 Å². The minimum Gasteiger partial charge on any atom is -0.508 e. The number of rotatable bonds is 13. The fraction of sp³-hybridized carbons (Fsp3) is 0.222. The van der Waals surface area contributed by atoms with Gasteiger partial charge in [-0.15, -0.1) is 0 Å². The van der Waals surface area contributed by atoms with E-state index in [1.165, 1.54) is 12.1 Å². The summed E-state index contributed by atoms with van der Waals surface area (Å²) in [6, 6.07) is 27.3. The number of phenolic OH excluding ortho intramolecular Hbond substituents is 1. The number of phenols is 1. The van der Waals surface area contributed by atoms with Crippen LogP contribution in [0.25, 0.3) is 0 Å². The lowest BCUT2D eigenvalue weighted by Crippen LogP contribution is -2.51. The molecular formula is C36H35N3O7. The monoisotopic (exact) mass is 621 g/mol. The number of aromatic hydroxyl groups is 1. The number of carboxylic acids is 1. The van der Waals surface area contributed by atoms with E-state index in [4.69, 9.17) is 10.5 Å². The molecule has 10 nitrogen and oxygen atoms in total. The first-order chi connectivity index (χ1) is 22.2. The van der Waals surface area contributed by atoms with E-state index in [1.54, 1.807) is 60.7 Å². The smallest absolute Gasteiger partial charge is 0.328 e. The molecular weight excluding hydrogens is 586 g/mol. The Morgan fingerprint density at radius 2 is 1.33 bits per heavy atom. The summed E-state index contributed by atoms with van der Waals surface area (Å²) in [6.45, 7) is -0.381. The Balaban J connectivity index is 1.28. The van der Waals surface area contributed by atoms with Crippen molar-refractivity contribution in [3.05, 3.63) is 125 Å². The molecule has 1 heterocycles. The van der Waals surface area contributed by atoms with Crippen LogP contribution >= 0.6 is 0 Å². The van der Waals surface area contributed by atoms with Crippen LogP contribution in [0.5, 0.6) is 17.2 Å². The highest BCUT2D eigenvalue weighted by Crippen LogP contribution is 2.43. The van der Waals surface area contributed by atoms with Gasteiger partial charge in [0.05, 0.1) is 12.0 Å². The second-order valence-electron chi connectivity index (χ2n) is 11.3. The summed E-state index contributed by atoms with van der Waals surface area (Å²) < 4.78 is 5.96. The van der Waals surface area contributed by atoms with Crippen LogP contribution in [0.3, 0.4) is 0 Å². The van der Waals surface area contributed by atoms with Crippen molar-refractivity contribution < 1.29 is 34.1 Å². The summed E-state index contributed by atoms with van der Waals surface area (Å²) in [7, 11) is 0. The predicted octanol–water partition coefficient (Wildman–Crippen LogP) is 3.70. The molecule has 0 radical (unpaired) electrons. The summed E-state index contributed by atoms with van der Waals surface area (Å²) in [5.41, 5.74) is 9.02. The van der Waals surface area contributed by atoms with Crippen molar-refractivity contribution in [2.75, 3.05) is 6.54 Å². The van der Waals surface area contributed by atoms with Crippen LogP contribution in [0.2, 0.25) is 0 Å². The Bertz CT molecular complexity index is 1660. The largest absolute Gasteiger partial charge is 0.508 e. The number of hydrogen-bond donors (Lipinski definition) is 5. The molecule has 236 valence electrons. The first kappa shape index (κ1) is 31.9. The second kappa shape index (κ2) is 14.5. The number of benzene rings is 4. The van der Waals surface area contributed by atoms with Gasteiger partial charge in [0, 0.05) is 30.0 Å². The normalized spacial score (nSPS) is 14.0. The molecule has 4 aromatic rings. The number of aliphatic carboxylic acids is 1.